The van der Waals surface area contributed by atoms with Crippen molar-refractivity contribution in [3.8, 4) is 11.4 Å². The van der Waals surface area contributed by atoms with Gasteiger partial charge in [-0.05, 0) is 44.0 Å². The number of para-hydroxylation sites is 2. The maximum absolute atomic E-state index is 13.1. The molecule has 1 amide bonds. The number of anilines is 1. The van der Waals surface area contributed by atoms with Gasteiger partial charge in [0, 0.05) is 11.7 Å². The SMILES string of the molecule is COc1cn(-c2ccccc2)nc1C(=O)O[C@H](C)C(=O)N1c2ccccc2C[C@@H]1C. The van der Waals surface area contributed by atoms with Crippen LogP contribution in [0.2, 0.25) is 0 Å². The first-order valence-corrected chi connectivity index (χ1v) is 9.80. The molecule has 1 aromatic heterocycles. The lowest BCUT2D eigenvalue weighted by atomic mass is 10.1. The molecular formula is C23H23N3O4. The molecule has 154 valence electrons. The summed E-state index contributed by atoms with van der Waals surface area (Å²) in [7, 11) is 1.46. The van der Waals surface area contributed by atoms with Crippen LogP contribution in [-0.4, -0.2) is 40.9 Å². The standard InChI is InChI=1S/C23H23N3O4/c1-15-13-17-9-7-8-12-19(17)26(15)22(27)16(2)30-23(28)21-20(29-3)14-25(24-21)18-10-5-4-6-11-18/h4-12,14-16H,13H2,1-3H3/t15-,16+/m0/s1. The van der Waals surface area contributed by atoms with Crippen LogP contribution in [0.5, 0.6) is 5.75 Å². The molecule has 3 aromatic rings. The maximum Gasteiger partial charge on any atom is 0.363 e. The molecule has 7 heteroatoms. The number of rotatable bonds is 5. The molecule has 0 bridgehead atoms. The van der Waals surface area contributed by atoms with Gasteiger partial charge in [-0.2, -0.15) is 5.10 Å². The molecule has 0 spiro atoms. The zero-order valence-electron chi connectivity index (χ0n) is 17.1. The molecule has 0 saturated carbocycles. The molecule has 2 heterocycles. The second-order valence-corrected chi connectivity index (χ2v) is 7.26. The van der Waals surface area contributed by atoms with Gasteiger partial charge in [-0.15, -0.1) is 0 Å². The highest BCUT2D eigenvalue weighted by molar-refractivity contribution is 6.01. The Balaban J connectivity index is 1.53. The molecule has 0 aliphatic carbocycles. The van der Waals surface area contributed by atoms with E-state index in [1.165, 1.54) is 7.11 Å². The van der Waals surface area contributed by atoms with Crippen LogP contribution in [0.1, 0.15) is 29.9 Å². The fraction of sp³-hybridized carbons (Fsp3) is 0.261. The Kier molecular flexibility index (Phi) is 5.27. The van der Waals surface area contributed by atoms with E-state index in [0.717, 1.165) is 23.4 Å². The van der Waals surface area contributed by atoms with Crippen molar-refractivity contribution in [2.45, 2.75) is 32.4 Å². The van der Waals surface area contributed by atoms with E-state index in [1.54, 1.807) is 22.7 Å². The Morgan fingerprint density at radius 1 is 1.10 bits per heavy atom. The van der Waals surface area contributed by atoms with Crippen molar-refractivity contribution < 1.29 is 19.1 Å². The van der Waals surface area contributed by atoms with Crippen molar-refractivity contribution in [2.24, 2.45) is 0 Å². The summed E-state index contributed by atoms with van der Waals surface area (Å²) in [6.07, 6.45) is 1.42. The molecule has 0 radical (unpaired) electrons. The van der Waals surface area contributed by atoms with Crippen molar-refractivity contribution in [3.05, 3.63) is 72.1 Å². The zero-order chi connectivity index (χ0) is 21.3. The summed E-state index contributed by atoms with van der Waals surface area (Å²) in [6, 6.07) is 17.1. The van der Waals surface area contributed by atoms with E-state index in [4.69, 9.17) is 9.47 Å². The summed E-state index contributed by atoms with van der Waals surface area (Å²) in [5.41, 5.74) is 2.78. The number of methoxy groups -OCH3 is 1. The monoisotopic (exact) mass is 405 g/mol. The largest absolute Gasteiger partial charge is 0.493 e. The van der Waals surface area contributed by atoms with Crippen LogP contribution >= 0.6 is 0 Å². The van der Waals surface area contributed by atoms with Crippen LogP contribution in [-0.2, 0) is 16.0 Å². The molecule has 0 unspecified atom stereocenters. The summed E-state index contributed by atoms with van der Waals surface area (Å²) in [5, 5.41) is 4.30. The average Bonchev–Trinajstić information content (AvgIpc) is 3.34. The first kappa shape index (κ1) is 19.7. The summed E-state index contributed by atoms with van der Waals surface area (Å²) < 4.78 is 12.3. The Morgan fingerprint density at radius 3 is 2.53 bits per heavy atom. The third-order valence-electron chi connectivity index (χ3n) is 5.19. The van der Waals surface area contributed by atoms with Crippen LogP contribution in [0.3, 0.4) is 0 Å². The van der Waals surface area contributed by atoms with E-state index in [0.29, 0.717) is 0 Å². The Hall–Kier alpha value is -3.61. The zero-order valence-corrected chi connectivity index (χ0v) is 17.1. The minimum atomic E-state index is -0.960. The Bertz CT molecular complexity index is 1080. The molecule has 0 fully saturated rings. The minimum Gasteiger partial charge on any atom is -0.493 e. The van der Waals surface area contributed by atoms with Gasteiger partial charge in [-0.3, -0.25) is 4.79 Å². The van der Waals surface area contributed by atoms with Gasteiger partial charge in [-0.1, -0.05) is 36.4 Å². The van der Waals surface area contributed by atoms with Crippen molar-refractivity contribution >= 4 is 17.6 Å². The lowest BCUT2D eigenvalue weighted by molar-refractivity contribution is -0.126. The number of carbonyl (C=O) groups is 2. The van der Waals surface area contributed by atoms with Crippen LogP contribution in [0.4, 0.5) is 5.69 Å². The van der Waals surface area contributed by atoms with Crippen molar-refractivity contribution in [2.75, 3.05) is 12.0 Å². The van der Waals surface area contributed by atoms with E-state index in [-0.39, 0.29) is 23.4 Å². The Labute approximate surface area is 174 Å². The first-order valence-electron chi connectivity index (χ1n) is 9.80. The van der Waals surface area contributed by atoms with E-state index >= 15 is 0 Å². The summed E-state index contributed by atoms with van der Waals surface area (Å²) in [5.74, 6) is -0.687. The number of esters is 1. The van der Waals surface area contributed by atoms with Crippen LogP contribution in [0, 0.1) is 0 Å². The average molecular weight is 405 g/mol. The number of benzene rings is 2. The number of hydrogen-bond donors (Lipinski definition) is 0. The number of fused-ring (bicyclic) bond motifs is 1. The minimum absolute atomic E-state index is 0.00266. The third-order valence-corrected chi connectivity index (χ3v) is 5.19. The van der Waals surface area contributed by atoms with Gasteiger partial charge in [0.2, 0.25) is 5.69 Å². The van der Waals surface area contributed by atoms with Crippen molar-refractivity contribution in [3.63, 3.8) is 0 Å². The fourth-order valence-corrected chi connectivity index (χ4v) is 3.73. The molecule has 0 saturated heterocycles. The first-order chi connectivity index (χ1) is 14.5. The van der Waals surface area contributed by atoms with E-state index in [1.807, 2.05) is 61.5 Å². The fourth-order valence-electron chi connectivity index (χ4n) is 3.73. The maximum atomic E-state index is 13.1. The van der Waals surface area contributed by atoms with Gasteiger partial charge < -0.3 is 14.4 Å². The molecule has 0 N–H and O–H groups in total. The summed E-state index contributed by atoms with van der Waals surface area (Å²) in [6.45, 7) is 3.56. The predicted octanol–water partition coefficient (Wildman–Crippen LogP) is 3.40. The van der Waals surface area contributed by atoms with Gasteiger partial charge in [0.05, 0.1) is 19.0 Å². The molecule has 2 aromatic carbocycles. The van der Waals surface area contributed by atoms with Crippen molar-refractivity contribution in [1.29, 1.82) is 0 Å². The second kappa shape index (κ2) is 8.02. The van der Waals surface area contributed by atoms with E-state index in [9.17, 15) is 9.59 Å². The highest BCUT2D eigenvalue weighted by atomic mass is 16.6. The molecule has 7 nitrogen and oxygen atoms in total. The van der Waals surface area contributed by atoms with Crippen LogP contribution in [0.25, 0.3) is 5.69 Å². The number of carbonyl (C=O) groups excluding carboxylic acids is 2. The van der Waals surface area contributed by atoms with Crippen LogP contribution < -0.4 is 9.64 Å². The van der Waals surface area contributed by atoms with E-state index in [2.05, 4.69) is 5.10 Å². The van der Waals surface area contributed by atoms with Crippen molar-refractivity contribution in [1.82, 2.24) is 9.78 Å². The lowest BCUT2D eigenvalue weighted by Crippen LogP contribution is -2.43. The molecule has 30 heavy (non-hydrogen) atoms. The van der Waals surface area contributed by atoms with Gasteiger partial charge in [-0.25, -0.2) is 9.48 Å². The lowest BCUT2D eigenvalue weighted by Gasteiger charge is -2.25. The molecule has 2 atom stereocenters. The highest BCUT2D eigenvalue weighted by Crippen LogP contribution is 2.32. The molecule has 4 rings (SSSR count). The number of amides is 1. The van der Waals surface area contributed by atoms with Crippen LogP contribution in [0.15, 0.2) is 60.8 Å². The van der Waals surface area contributed by atoms with Gasteiger partial charge in [0.15, 0.2) is 11.9 Å². The smallest absolute Gasteiger partial charge is 0.363 e. The van der Waals surface area contributed by atoms with Gasteiger partial charge in [0.1, 0.15) is 0 Å². The third kappa shape index (κ3) is 3.54. The second-order valence-electron chi connectivity index (χ2n) is 7.26. The number of hydrogen-bond acceptors (Lipinski definition) is 5. The number of ether oxygens (including phenoxy) is 2. The predicted molar refractivity (Wildman–Crippen MR) is 112 cm³/mol. The van der Waals surface area contributed by atoms with Gasteiger partial charge in [0.25, 0.3) is 5.91 Å². The normalized spacial score (nSPS) is 16.1. The van der Waals surface area contributed by atoms with Gasteiger partial charge >= 0.3 is 5.97 Å². The van der Waals surface area contributed by atoms with E-state index < -0.39 is 12.1 Å². The summed E-state index contributed by atoms with van der Waals surface area (Å²) >= 11 is 0. The number of nitrogens with zero attached hydrogens (tertiary/aromatic N) is 3. The quantitative estimate of drug-likeness (QED) is 0.608. The molecule has 1 aliphatic heterocycles. The summed E-state index contributed by atoms with van der Waals surface area (Å²) in [4.78, 5) is 27.5. The molecular weight excluding hydrogens is 382 g/mol. The molecule has 1 aliphatic rings. The topological polar surface area (TPSA) is 73.7 Å². The number of aromatic nitrogens is 2. The highest BCUT2D eigenvalue weighted by Gasteiger charge is 2.35. The Morgan fingerprint density at radius 2 is 1.80 bits per heavy atom.